The van der Waals surface area contributed by atoms with Gasteiger partial charge < -0.3 is 25.6 Å². The van der Waals surface area contributed by atoms with Crippen LogP contribution in [0.25, 0.3) is 11.1 Å². The molecule has 3 atom stereocenters. The van der Waals surface area contributed by atoms with Crippen LogP contribution in [0.15, 0.2) is 42.5 Å². The average molecular weight is 465 g/mol. The Balaban J connectivity index is 1.84. The Morgan fingerprint density at radius 3 is 2.50 bits per heavy atom. The minimum Gasteiger partial charge on any atom is -0.550 e. The zero-order chi connectivity index (χ0) is 24.8. The number of nitrogens with two attached hydrogens (primary N) is 1. The predicted octanol–water partition coefficient (Wildman–Crippen LogP) is 2.70. The summed E-state index contributed by atoms with van der Waals surface area (Å²) in [6, 6.07) is 13.3. The van der Waals surface area contributed by atoms with Crippen LogP contribution in [-0.4, -0.2) is 46.9 Å². The summed E-state index contributed by atoms with van der Waals surface area (Å²) in [6.07, 6.45) is 1.62. The first-order valence-corrected chi connectivity index (χ1v) is 12.0. The number of aliphatic hydroxyl groups is 1. The molecule has 0 saturated heterocycles. The van der Waals surface area contributed by atoms with Crippen LogP contribution in [0.3, 0.4) is 0 Å². The first-order valence-electron chi connectivity index (χ1n) is 12.0. The van der Waals surface area contributed by atoms with E-state index in [1.54, 1.807) is 4.90 Å². The quantitative estimate of drug-likeness (QED) is 0.267. The number of nitrogens with one attached hydrogen (secondary N) is 1. The molecule has 0 saturated carbocycles. The third kappa shape index (κ3) is 5.65. The summed E-state index contributed by atoms with van der Waals surface area (Å²) >= 11 is 0. The van der Waals surface area contributed by atoms with Gasteiger partial charge in [-0.1, -0.05) is 36.8 Å². The molecule has 1 aliphatic carbocycles. The van der Waals surface area contributed by atoms with Gasteiger partial charge in [0.2, 0.25) is 0 Å². The maximum absolute atomic E-state index is 12.8. The van der Waals surface area contributed by atoms with E-state index in [0.29, 0.717) is 50.8 Å². The molecule has 0 fully saturated rings. The van der Waals surface area contributed by atoms with Crippen molar-refractivity contribution in [2.24, 2.45) is 11.7 Å². The van der Waals surface area contributed by atoms with E-state index in [9.17, 15) is 19.8 Å². The fraction of sp³-hybridized carbons (Fsp3) is 0.444. The largest absolute Gasteiger partial charge is 0.550 e. The molecule has 1 amide bonds. The summed E-state index contributed by atoms with van der Waals surface area (Å²) in [7, 11) is 0. The van der Waals surface area contributed by atoms with Crippen molar-refractivity contribution in [3.8, 4) is 11.1 Å². The molecule has 0 spiro atoms. The second kappa shape index (κ2) is 11.3. The maximum atomic E-state index is 12.8. The normalized spacial score (nSPS) is 17.7. The second-order valence-corrected chi connectivity index (χ2v) is 8.97. The molecule has 0 unspecified atom stereocenters. The lowest BCUT2D eigenvalue weighted by Crippen LogP contribution is -2.38. The van der Waals surface area contributed by atoms with Crippen molar-refractivity contribution in [3.05, 3.63) is 59.2 Å². The van der Waals surface area contributed by atoms with Crippen LogP contribution >= 0.6 is 0 Å². The molecule has 3 rings (SSSR count). The highest BCUT2D eigenvalue weighted by Gasteiger charge is 2.37. The summed E-state index contributed by atoms with van der Waals surface area (Å²) < 4.78 is 0. The first-order chi connectivity index (χ1) is 16.3. The zero-order valence-electron chi connectivity index (χ0n) is 19.9. The van der Waals surface area contributed by atoms with E-state index >= 15 is 0 Å². The number of carboxylic acids is 1. The number of unbranched alkanes of at least 4 members (excludes halogenated alkanes) is 1. The number of aliphatic hydroxyl groups excluding tert-OH is 1. The number of fused-ring (bicyclic) bond motifs is 1. The Kier molecular flexibility index (Phi) is 8.45. The van der Waals surface area contributed by atoms with Crippen LogP contribution in [0, 0.1) is 11.3 Å². The molecule has 0 aromatic heterocycles. The molecular weight excluding hydrogens is 430 g/mol. The molecule has 2 aromatic rings. The van der Waals surface area contributed by atoms with Crippen LogP contribution in [0.1, 0.15) is 66.9 Å². The average Bonchev–Trinajstić information content (AvgIpc) is 3.14. The molecule has 2 aromatic carbocycles. The zero-order valence-corrected chi connectivity index (χ0v) is 19.9. The van der Waals surface area contributed by atoms with Crippen molar-refractivity contribution in [1.29, 1.82) is 5.41 Å². The number of carbonyl (C=O) groups is 2. The molecule has 0 aliphatic heterocycles. The number of nitrogens with zero attached hydrogens (tertiary/aromatic N) is 1. The molecular formula is C27H34N3O4-. The number of amides is 1. The Morgan fingerprint density at radius 1 is 1.15 bits per heavy atom. The maximum Gasteiger partial charge on any atom is 0.253 e. The van der Waals surface area contributed by atoms with Gasteiger partial charge in [0.05, 0.1) is 11.9 Å². The van der Waals surface area contributed by atoms with Gasteiger partial charge in [-0.05, 0) is 67.5 Å². The first kappa shape index (κ1) is 25.4. The fourth-order valence-electron chi connectivity index (χ4n) is 4.98. The summed E-state index contributed by atoms with van der Waals surface area (Å²) in [6.45, 7) is 5.20. The predicted molar refractivity (Wildman–Crippen MR) is 130 cm³/mol. The van der Waals surface area contributed by atoms with Gasteiger partial charge in [-0.3, -0.25) is 10.2 Å². The monoisotopic (exact) mass is 464 g/mol. The number of carboxylic acid groups (broad SMARTS) is 1. The van der Waals surface area contributed by atoms with E-state index in [2.05, 4.69) is 0 Å². The Labute approximate surface area is 201 Å². The van der Waals surface area contributed by atoms with E-state index < -0.39 is 23.9 Å². The van der Waals surface area contributed by atoms with Crippen molar-refractivity contribution in [2.45, 2.75) is 58.0 Å². The van der Waals surface area contributed by atoms with Gasteiger partial charge in [0.1, 0.15) is 0 Å². The third-order valence-electron chi connectivity index (χ3n) is 6.79. The minimum atomic E-state index is -1.16. The lowest BCUT2D eigenvalue weighted by molar-refractivity contribution is -0.313. The fourth-order valence-corrected chi connectivity index (χ4v) is 4.98. The number of benzene rings is 2. The molecule has 34 heavy (non-hydrogen) atoms. The minimum absolute atomic E-state index is 0.00920. The number of hydrogen-bond donors (Lipinski definition) is 3. The van der Waals surface area contributed by atoms with Gasteiger partial charge >= 0.3 is 0 Å². The SMILES string of the molecule is CCN(CC)C(=O)c1cccc(-c2ccc3c(c2)C[C@H](O)[C@H]3[C@@H](CCCCC(=N)N)C(=O)[O-])c1. The Morgan fingerprint density at radius 2 is 1.85 bits per heavy atom. The molecule has 7 heteroatoms. The summed E-state index contributed by atoms with van der Waals surface area (Å²) in [5.41, 5.74) is 9.60. The van der Waals surface area contributed by atoms with Crippen LogP contribution in [-0.2, 0) is 11.2 Å². The third-order valence-corrected chi connectivity index (χ3v) is 6.79. The van der Waals surface area contributed by atoms with Crippen molar-refractivity contribution in [2.75, 3.05) is 13.1 Å². The molecule has 182 valence electrons. The van der Waals surface area contributed by atoms with E-state index in [-0.39, 0.29) is 11.7 Å². The van der Waals surface area contributed by atoms with Crippen molar-refractivity contribution in [1.82, 2.24) is 4.90 Å². The van der Waals surface area contributed by atoms with Gasteiger partial charge in [0.25, 0.3) is 5.91 Å². The Bertz CT molecular complexity index is 1050. The van der Waals surface area contributed by atoms with Crippen molar-refractivity contribution in [3.63, 3.8) is 0 Å². The molecule has 7 nitrogen and oxygen atoms in total. The number of carbonyl (C=O) groups excluding carboxylic acids is 2. The van der Waals surface area contributed by atoms with Gasteiger partial charge in [-0.15, -0.1) is 0 Å². The van der Waals surface area contributed by atoms with Gasteiger partial charge in [0, 0.05) is 42.9 Å². The number of hydrogen-bond acceptors (Lipinski definition) is 5. The van der Waals surface area contributed by atoms with Gasteiger partial charge in [0.15, 0.2) is 0 Å². The lowest BCUT2D eigenvalue weighted by Gasteiger charge is -2.28. The second-order valence-electron chi connectivity index (χ2n) is 8.97. The van der Waals surface area contributed by atoms with Crippen LogP contribution in [0.5, 0.6) is 0 Å². The topological polar surface area (TPSA) is 131 Å². The van der Waals surface area contributed by atoms with Gasteiger partial charge in [-0.2, -0.15) is 0 Å². The standard InChI is InChI=1S/C27H35N3O4/c1-3-30(4-2)26(32)19-9-7-8-17(14-19)18-12-13-21-20(15-18)16-23(31)25(21)22(27(33)34)10-5-6-11-24(28)29/h7-9,12-15,22-23,25,31H,3-6,10-11,16H2,1-2H3,(H3,28,29)(H,33,34)/p-1/t22-,23+,25-/m1/s1. The summed E-state index contributed by atoms with van der Waals surface area (Å²) in [5, 5.41) is 30.0. The van der Waals surface area contributed by atoms with E-state index in [1.807, 2.05) is 56.3 Å². The van der Waals surface area contributed by atoms with E-state index in [1.165, 1.54) is 0 Å². The van der Waals surface area contributed by atoms with E-state index in [4.69, 9.17) is 11.1 Å². The molecule has 0 radical (unpaired) electrons. The number of amidine groups is 1. The highest BCUT2D eigenvalue weighted by molar-refractivity contribution is 5.95. The smallest absolute Gasteiger partial charge is 0.253 e. The molecule has 4 N–H and O–H groups in total. The highest BCUT2D eigenvalue weighted by Crippen LogP contribution is 2.42. The van der Waals surface area contributed by atoms with Crippen LogP contribution in [0.2, 0.25) is 0 Å². The molecule has 0 heterocycles. The molecule has 0 bridgehead atoms. The van der Waals surface area contributed by atoms with Crippen LogP contribution < -0.4 is 10.8 Å². The Hall–Kier alpha value is -3.19. The number of aliphatic carboxylic acids is 1. The van der Waals surface area contributed by atoms with Crippen molar-refractivity contribution < 1.29 is 19.8 Å². The summed E-state index contributed by atoms with van der Waals surface area (Å²) in [4.78, 5) is 26.5. The molecule has 1 aliphatic rings. The number of rotatable bonds is 11. The van der Waals surface area contributed by atoms with Crippen LogP contribution in [0.4, 0.5) is 0 Å². The highest BCUT2D eigenvalue weighted by atomic mass is 16.4. The van der Waals surface area contributed by atoms with E-state index in [0.717, 1.165) is 22.3 Å². The van der Waals surface area contributed by atoms with Crippen molar-refractivity contribution >= 4 is 17.7 Å². The summed E-state index contributed by atoms with van der Waals surface area (Å²) in [5.74, 6) is -2.41. The van der Waals surface area contributed by atoms with Gasteiger partial charge in [-0.25, -0.2) is 0 Å². The lowest BCUT2D eigenvalue weighted by atomic mass is 9.82.